The highest BCUT2D eigenvalue weighted by molar-refractivity contribution is 8.00. The number of fused-ring (bicyclic) bond motifs is 1. The minimum atomic E-state index is -0.710. The van der Waals surface area contributed by atoms with Gasteiger partial charge in [-0.2, -0.15) is 10.1 Å². The number of carbonyl (C=O) groups excluding carboxylic acids is 4. The predicted molar refractivity (Wildman–Crippen MR) is 210 cm³/mol. The molecule has 7 rings (SSSR count). The lowest BCUT2D eigenvalue weighted by Gasteiger charge is -2.17. The van der Waals surface area contributed by atoms with Crippen LogP contribution in [0.15, 0.2) is 173 Å². The molecule has 1 aliphatic rings. The molecule has 0 saturated carbocycles. The number of hydrazone groups is 1. The van der Waals surface area contributed by atoms with Crippen LogP contribution >= 0.6 is 11.8 Å². The van der Waals surface area contributed by atoms with Crippen molar-refractivity contribution in [2.45, 2.75) is 16.6 Å². The Labute approximate surface area is 310 Å². The van der Waals surface area contributed by atoms with Crippen LogP contribution in [0, 0.1) is 0 Å². The zero-order valence-corrected chi connectivity index (χ0v) is 29.1. The van der Waals surface area contributed by atoms with Gasteiger partial charge in [-0.15, -0.1) is 11.8 Å². The number of hydrogen-bond acceptors (Lipinski definition) is 6. The van der Waals surface area contributed by atoms with Gasteiger partial charge < -0.3 is 16.0 Å². The Bertz CT molecular complexity index is 2360. The lowest BCUT2D eigenvalue weighted by molar-refractivity contribution is -0.119. The maximum Gasteiger partial charge on any atom is 0.272 e. The van der Waals surface area contributed by atoms with Crippen LogP contribution in [-0.2, 0) is 14.4 Å². The van der Waals surface area contributed by atoms with Crippen LogP contribution in [0.3, 0.4) is 0 Å². The zero-order chi connectivity index (χ0) is 36.6. The summed E-state index contributed by atoms with van der Waals surface area (Å²) in [6.45, 7) is 0. The minimum Gasteiger partial charge on any atom is -0.321 e. The van der Waals surface area contributed by atoms with Crippen LogP contribution in [-0.4, -0.2) is 29.5 Å². The molecule has 1 aliphatic heterocycles. The van der Waals surface area contributed by atoms with E-state index in [0.717, 1.165) is 21.9 Å². The van der Waals surface area contributed by atoms with Gasteiger partial charge in [0.15, 0.2) is 0 Å². The van der Waals surface area contributed by atoms with Crippen molar-refractivity contribution in [2.75, 3.05) is 10.3 Å². The molecule has 6 aromatic rings. The number of anilines is 2. The molecular weight excluding hydrogens is 683 g/mol. The third-order valence-corrected chi connectivity index (χ3v) is 9.63. The number of amidine groups is 1. The van der Waals surface area contributed by atoms with Gasteiger partial charge in [0.05, 0.1) is 12.1 Å². The molecular formula is C43H33N5O4S. The average molecular weight is 716 g/mol. The fraction of sp³-hybridized carbons (Fsp3) is 0.0465. The van der Waals surface area contributed by atoms with Crippen molar-refractivity contribution in [3.63, 3.8) is 0 Å². The van der Waals surface area contributed by atoms with E-state index in [0.29, 0.717) is 21.8 Å². The maximum atomic E-state index is 13.9. The van der Waals surface area contributed by atoms with Gasteiger partial charge in [0.25, 0.3) is 17.7 Å². The Balaban J connectivity index is 1.13. The quantitative estimate of drug-likeness (QED) is 0.0983. The summed E-state index contributed by atoms with van der Waals surface area (Å²) in [4.78, 5) is 54.5. The summed E-state index contributed by atoms with van der Waals surface area (Å²) < 4.78 is 0. The first kappa shape index (κ1) is 34.7. The number of para-hydroxylation sites is 1. The molecule has 0 saturated heterocycles. The molecule has 1 unspecified atom stereocenters. The van der Waals surface area contributed by atoms with E-state index in [-0.39, 0.29) is 29.8 Å². The van der Waals surface area contributed by atoms with Crippen molar-refractivity contribution < 1.29 is 19.2 Å². The van der Waals surface area contributed by atoms with Crippen LogP contribution in [0.1, 0.15) is 33.2 Å². The molecule has 9 nitrogen and oxygen atoms in total. The van der Waals surface area contributed by atoms with Crippen molar-refractivity contribution >= 4 is 69.4 Å². The molecule has 260 valence electrons. The third kappa shape index (κ3) is 8.41. The van der Waals surface area contributed by atoms with Gasteiger partial charge in [-0.1, -0.05) is 115 Å². The van der Waals surface area contributed by atoms with E-state index in [1.54, 1.807) is 60.7 Å². The monoisotopic (exact) mass is 715 g/mol. The van der Waals surface area contributed by atoms with Gasteiger partial charge in [0.1, 0.15) is 16.8 Å². The van der Waals surface area contributed by atoms with E-state index in [1.807, 2.05) is 103 Å². The van der Waals surface area contributed by atoms with E-state index in [4.69, 9.17) is 0 Å². The third-order valence-electron chi connectivity index (χ3n) is 8.38. The lowest BCUT2D eigenvalue weighted by atomic mass is 10.0. The maximum absolute atomic E-state index is 13.9. The molecule has 0 aromatic heterocycles. The highest BCUT2D eigenvalue weighted by atomic mass is 32.2. The molecule has 0 radical (unpaired) electrons. The number of amides is 4. The number of carbonyl (C=O) groups is 4. The van der Waals surface area contributed by atoms with E-state index in [2.05, 4.69) is 21.1 Å². The largest absolute Gasteiger partial charge is 0.321 e. The number of rotatable bonds is 10. The van der Waals surface area contributed by atoms with E-state index in [1.165, 1.54) is 16.8 Å². The molecule has 6 aromatic carbocycles. The van der Waals surface area contributed by atoms with Gasteiger partial charge in [0.2, 0.25) is 5.91 Å². The predicted octanol–water partition coefficient (Wildman–Crippen LogP) is 7.95. The molecule has 1 heterocycles. The fourth-order valence-corrected chi connectivity index (χ4v) is 6.92. The number of nitrogens with one attached hydrogen (secondary N) is 3. The highest BCUT2D eigenvalue weighted by Gasteiger charge is 2.29. The molecule has 0 aliphatic carbocycles. The van der Waals surface area contributed by atoms with Crippen LogP contribution in [0.5, 0.6) is 0 Å². The molecule has 4 amide bonds. The summed E-state index contributed by atoms with van der Waals surface area (Å²) >= 11 is 1.29. The normalized spacial score (nSPS) is 13.3. The SMILES string of the molecule is O=C(Nc1cccc(SC(C(=O)NC2=NN(c3ccccc3)C(=O)C2)c2ccccc2)c1)/C(=C\c1cccc2ccccc12)NC(=O)c1ccccc1. The van der Waals surface area contributed by atoms with E-state index < -0.39 is 17.1 Å². The Morgan fingerprint density at radius 1 is 0.717 bits per heavy atom. The number of nitrogens with zero attached hydrogens (tertiary/aromatic N) is 2. The molecule has 0 bridgehead atoms. The van der Waals surface area contributed by atoms with E-state index >= 15 is 0 Å². The van der Waals surface area contributed by atoms with Crippen LogP contribution in [0.4, 0.5) is 11.4 Å². The van der Waals surface area contributed by atoms with Gasteiger partial charge in [-0.25, -0.2) is 0 Å². The lowest BCUT2D eigenvalue weighted by Crippen LogP contribution is -2.33. The van der Waals surface area contributed by atoms with Crippen molar-refractivity contribution in [3.05, 3.63) is 180 Å². The fourth-order valence-electron chi connectivity index (χ4n) is 5.83. The molecule has 1 atom stereocenters. The second-order valence-corrected chi connectivity index (χ2v) is 13.3. The molecule has 0 spiro atoms. The summed E-state index contributed by atoms with van der Waals surface area (Å²) in [6.07, 6.45) is 1.63. The molecule has 0 fully saturated rings. The summed E-state index contributed by atoms with van der Waals surface area (Å²) in [5.74, 6) is -1.27. The van der Waals surface area contributed by atoms with Crippen molar-refractivity contribution in [1.82, 2.24) is 10.6 Å². The average Bonchev–Trinajstić information content (AvgIpc) is 3.57. The Morgan fingerprint density at radius 3 is 2.15 bits per heavy atom. The minimum absolute atomic E-state index is 0.0379. The summed E-state index contributed by atoms with van der Waals surface area (Å²) in [5.41, 5.74) is 3.07. The van der Waals surface area contributed by atoms with Gasteiger partial charge in [-0.3, -0.25) is 19.2 Å². The molecule has 10 heteroatoms. The van der Waals surface area contributed by atoms with Crippen molar-refractivity contribution in [1.29, 1.82) is 0 Å². The first-order chi connectivity index (χ1) is 25.9. The van der Waals surface area contributed by atoms with Crippen LogP contribution < -0.4 is 21.0 Å². The summed E-state index contributed by atoms with van der Waals surface area (Å²) in [7, 11) is 0. The van der Waals surface area contributed by atoms with Gasteiger partial charge in [0, 0.05) is 16.1 Å². The van der Waals surface area contributed by atoms with Crippen LogP contribution in [0.2, 0.25) is 0 Å². The Hall–Kier alpha value is -6.78. The molecule has 3 N–H and O–H groups in total. The number of thioether (sulfide) groups is 1. The topological polar surface area (TPSA) is 120 Å². The van der Waals surface area contributed by atoms with Crippen molar-refractivity contribution in [3.8, 4) is 0 Å². The first-order valence-electron chi connectivity index (χ1n) is 16.9. The van der Waals surface area contributed by atoms with Gasteiger partial charge in [-0.05, 0) is 70.4 Å². The van der Waals surface area contributed by atoms with Gasteiger partial charge >= 0.3 is 0 Å². The zero-order valence-electron chi connectivity index (χ0n) is 28.3. The second kappa shape index (κ2) is 16.1. The second-order valence-electron chi connectivity index (χ2n) is 12.1. The molecule has 53 heavy (non-hydrogen) atoms. The standard InChI is InChI=1S/C43H33N5O4S/c49-39-28-38(47-48(39)34-22-8-3-9-23-34)46-43(52)40(30-15-4-1-5-16-30)53-35-24-13-21-33(27-35)44-42(51)37(45-41(50)31-17-6-2-7-18-31)26-32-20-12-19-29-14-10-11-25-36(29)32/h1-27,40H,28H2,(H,44,51)(H,45,50)(H,46,47,52)/b37-26+. The Kier molecular flexibility index (Phi) is 10.5. The van der Waals surface area contributed by atoms with E-state index in [9.17, 15) is 19.2 Å². The Morgan fingerprint density at radius 2 is 1.38 bits per heavy atom. The first-order valence-corrected chi connectivity index (χ1v) is 17.7. The summed E-state index contributed by atoms with van der Waals surface area (Å²) in [6, 6.07) is 47.8. The smallest absolute Gasteiger partial charge is 0.272 e. The van der Waals surface area contributed by atoms with Crippen LogP contribution in [0.25, 0.3) is 16.8 Å². The highest BCUT2D eigenvalue weighted by Crippen LogP contribution is 2.37. The van der Waals surface area contributed by atoms with Crippen molar-refractivity contribution in [2.24, 2.45) is 5.10 Å². The number of hydrogen-bond donors (Lipinski definition) is 3. The number of benzene rings is 6. The summed E-state index contributed by atoms with van der Waals surface area (Å²) in [5, 5.41) is 15.5.